The molecule has 0 aliphatic heterocycles. The van der Waals surface area contributed by atoms with Gasteiger partial charge >= 0.3 is 0 Å². The molecule has 0 spiro atoms. The van der Waals surface area contributed by atoms with Crippen LogP contribution in [0.2, 0.25) is 0 Å². The second-order valence-corrected chi connectivity index (χ2v) is 4.52. The Labute approximate surface area is 120 Å². The maximum atomic E-state index is 12.2. The number of hydrogen-bond donors (Lipinski definition) is 0. The molecule has 0 aliphatic rings. The first kappa shape index (κ1) is 14.1. The molecule has 0 saturated carbocycles. The lowest BCUT2D eigenvalue weighted by atomic mass is 10.1. The molecule has 0 amide bonds. The quantitative estimate of drug-likeness (QED) is 0.357. The van der Waals surface area contributed by atoms with Gasteiger partial charge in [0, 0.05) is 25.2 Å². The normalized spacial score (nSPS) is 11.4. The molecule has 0 heterocycles. The Morgan fingerprint density at radius 2 is 1.55 bits per heavy atom. The zero-order valence-electron chi connectivity index (χ0n) is 12.0. The molecular weight excluding hydrogens is 248 g/mol. The fourth-order valence-electron chi connectivity index (χ4n) is 2.22. The smallest absolute Gasteiger partial charge is 0.216 e. The van der Waals surface area contributed by atoms with E-state index in [1.54, 1.807) is 6.21 Å². The van der Waals surface area contributed by atoms with E-state index in [2.05, 4.69) is 24.8 Å². The first-order valence-corrected chi connectivity index (χ1v) is 6.96. The van der Waals surface area contributed by atoms with E-state index in [4.69, 9.17) is 0 Å². The standard InChI is InChI=1S/C17H20N2O/c1-3-18(4-2)17-13-9-8-10-15(17)14-19(20)16-11-6-5-7-12-16/h5-14H,3-4H2,1-2H3. The summed E-state index contributed by atoms with van der Waals surface area (Å²) in [5.41, 5.74) is 2.67. The van der Waals surface area contributed by atoms with Crippen LogP contribution in [0.3, 0.4) is 0 Å². The lowest BCUT2D eigenvalue weighted by Crippen LogP contribution is -2.23. The zero-order chi connectivity index (χ0) is 14.4. The van der Waals surface area contributed by atoms with Crippen LogP contribution in [-0.4, -0.2) is 24.0 Å². The fraction of sp³-hybridized carbons (Fsp3) is 0.235. The Morgan fingerprint density at radius 1 is 0.950 bits per heavy atom. The van der Waals surface area contributed by atoms with Gasteiger partial charge in [0.15, 0.2) is 6.21 Å². The van der Waals surface area contributed by atoms with Gasteiger partial charge in [0.1, 0.15) is 0 Å². The summed E-state index contributed by atoms with van der Waals surface area (Å²) in [6.07, 6.45) is 1.64. The number of hydrogen-bond acceptors (Lipinski definition) is 2. The third-order valence-corrected chi connectivity index (χ3v) is 3.31. The van der Waals surface area contributed by atoms with E-state index in [9.17, 15) is 5.21 Å². The first-order chi connectivity index (χ1) is 9.76. The minimum absolute atomic E-state index is 0.641. The van der Waals surface area contributed by atoms with Crippen molar-refractivity contribution in [2.24, 2.45) is 0 Å². The van der Waals surface area contributed by atoms with Crippen molar-refractivity contribution in [3.05, 3.63) is 65.4 Å². The number of benzene rings is 2. The number of nitrogens with zero attached hydrogens (tertiary/aromatic N) is 2. The average Bonchev–Trinajstić information content (AvgIpc) is 2.51. The van der Waals surface area contributed by atoms with Crippen molar-refractivity contribution >= 4 is 17.6 Å². The van der Waals surface area contributed by atoms with Gasteiger partial charge in [-0.25, -0.2) is 0 Å². The molecule has 0 aromatic heterocycles. The second-order valence-electron chi connectivity index (χ2n) is 4.52. The molecule has 104 valence electrons. The molecule has 0 radical (unpaired) electrons. The highest BCUT2D eigenvalue weighted by Gasteiger charge is 2.09. The fourth-order valence-corrected chi connectivity index (χ4v) is 2.22. The monoisotopic (exact) mass is 268 g/mol. The van der Waals surface area contributed by atoms with E-state index in [1.807, 2.05) is 48.5 Å². The summed E-state index contributed by atoms with van der Waals surface area (Å²) in [5.74, 6) is 0. The Bertz CT molecular complexity index is 575. The highest BCUT2D eigenvalue weighted by molar-refractivity contribution is 5.85. The molecule has 2 aromatic carbocycles. The van der Waals surface area contributed by atoms with Crippen LogP contribution in [0.5, 0.6) is 0 Å². The number of anilines is 1. The van der Waals surface area contributed by atoms with Gasteiger partial charge in [-0.2, -0.15) is 4.74 Å². The van der Waals surface area contributed by atoms with Gasteiger partial charge in [0.05, 0.1) is 11.3 Å². The van der Waals surface area contributed by atoms with Gasteiger partial charge in [0.2, 0.25) is 5.69 Å². The summed E-state index contributed by atoms with van der Waals surface area (Å²) in [7, 11) is 0. The van der Waals surface area contributed by atoms with E-state index in [0.717, 1.165) is 29.1 Å². The highest BCUT2D eigenvalue weighted by Crippen LogP contribution is 2.19. The van der Waals surface area contributed by atoms with Crippen LogP contribution >= 0.6 is 0 Å². The maximum absolute atomic E-state index is 12.2. The van der Waals surface area contributed by atoms with Crippen LogP contribution in [0.1, 0.15) is 19.4 Å². The highest BCUT2D eigenvalue weighted by atomic mass is 16.5. The molecule has 0 fully saturated rings. The van der Waals surface area contributed by atoms with Crippen LogP contribution in [0.15, 0.2) is 54.6 Å². The van der Waals surface area contributed by atoms with Crippen LogP contribution in [0, 0.1) is 5.21 Å². The largest absolute Gasteiger partial charge is 0.618 e. The minimum atomic E-state index is 0.641. The molecule has 0 N–H and O–H groups in total. The molecule has 0 bridgehead atoms. The van der Waals surface area contributed by atoms with E-state index in [0.29, 0.717) is 5.69 Å². The van der Waals surface area contributed by atoms with Crippen molar-refractivity contribution in [3.8, 4) is 0 Å². The SMILES string of the molecule is CCN(CC)c1ccccc1C=[N+]([O-])c1ccccc1. The van der Waals surface area contributed by atoms with Crippen molar-refractivity contribution in [3.63, 3.8) is 0 Å². The van der Waals surface area contributed by atoms with Crippen molar-refractivity contribution in [2.45, 2.75) is 13.8 Å². The van der Waals surface area contributed by atoms with E-state index >= 15 is 0 Å². The predicted molar refractivity (Wildman–Crippen MR) is 84.9 cm³/mol. The van der Waals surface area contributed by atoms with Gasteiger partial charge in [0.25, 0.3) is 0 Å². The van der Waals surface area contributed by atoms with Crippen LogP contribution in [0.25, 0.3) is 0 Å². The summed E-state index contributed by atoms with van der Waals surface area (Å²) in [6, 6.07) is 17.2. The Balaban J connectivity index is 2.38. The minimum Gasteiger partial charge on any atom is -0.618 e. The van der Waals surface area contributed by atoms with Crippen LogP contribution in [-0.2, 0) is 0 Å². The third kappa shape index (κ3) is 3.18. The lowest BCUT2D eigenvalue weighted by Gasteiger charge is -2.22. The van der Waals surface area contributed by atoms with E-state index in [-0.39, 0.29) is 0 Å². The summed E-state index contributed by atoms with van der Waals surface area (Å²) in [4.78, 5) is 2.24. The zero-order valence-corrected chi connectivity index (χ0v) is 12.0. The molecule has 0 aliphatic carbocycles. The van der Waals surface area contributed by atoms with E-state index < -0.39 is 0 Å². The summed E-state index contributed by atoms with van der Waals surface area (Å²) >= 11 is 0. The molecule has 3 heteroatoms. The van der Waals surface area contributed by atoms with Crippen LogP contribution < -0.4 is 4.90 Å². The Kier molecular flexibility index (Phi) is 4.77. The van der Waals surface area contributed by atoms with Gasteiger partial charge in [-0.3, -0.25) is 0 Å². The molecule has 2 aromatic rings. The van der Waals surface area contributed by atoms with Crippen molar-refractivity contribution < 1.29 is 4.74 Å². The molecular formula is C17H20N2O. The molecule has 20 heavy (non-hydrogen) atoms. The van der Waals surface area contributed by atoms with Gasteiger partial charge in [-0.1, -0.05) is 30.3 Å². The molecule has 0 atom stereocenters. The molecule has 3 nitrogen and oxygen atoms in total. The van der Waals surface area contributed by atoms with Crippen molar-refractivity contribution in [1.29, 1.82) is 0 Å². The summed E-state index contributed by atoms with van der Waals surface area (Å²) in [6.45, 7) is 6.08. The Hall–Kier alpha value is -2.29. The van der Waals surface area contributed by atoms with Crippen molar-refractivity contribution in [2.75, 3.05) is 18.0 Å². The Morgan fingerprint density at radius 3 is 2.20 bits per heavy atom. The first-order valence-electron chi connectivity index (χ1n) is 6.96. The summed E-state index contributed by atoms with van der Waals surface area (Å²) in [5, 5.41) is 12.2. The average molecular weight is 268 g/mol. The van der Waals surface area contributed by atoms with Gasteiger partial charge < -0.3 is 10.1 Å². The predicted octanol–water partition coefficient (Wildman–Crippen LogP) is 3.79. The topological polar surface area (TPSA) is 29.3 Å². The molecule has 0 unspecified atom stereocenters. The third-order valence-electron chi connectivity index (χ3n) is 3.31. The summed E-state index contributed by atoms with van der Waals surface area (Å²) < 4.78 is 0.919. The molecule has 2 rings (SSSR count). The van der Waals surface area contributed by atoms with Gasteiger partial charge in [-0.15, -0.1) is 0 Å². The van der Waals surface area contributed by atoms with Gasteiger partial charge in [-0.05, 0) is 26.0 Å². The molecule has 0 saturated heterocycles. The second kappa shape index (κ2) is 6.75. The number of rotatable bonds is 5. The van der Waals surface area contributed by atoms with E-state index in [1.165, 1.54) is 0 Å². The number of para-hydroxylation sites is 2. The lowest BCUT2D eigenvalue weighted by molar-refractivity contribution is -0.354. The van der Waals surface area contributed by atoms with Crippen molar-refractivity contribution in [1.82, 2.24) is 0 Å². The maximum Gasteiger partial charge on any atom is 0.216 e. The van der Waals surface area contributed by atoms with Crippen LogP contribution in [0.4, 0.5) is 11.4 Å².